The van der Waals surface area contributed by atoms with Crippen LogP contribution in [0.5, 0.6) is 0 Å². The predicted octanol–water partition coefficient (Wildman–Crippen LogP) is 2.68. The van der Waals surface area contributed by atoms with Gasteiger partial charge in [-0.3, -0.25) is 4.68 Å². The maximum Gasteiger partial charge on any atom is 0.137 e. The minimum Gasteiger partial charge on any atom is -0.381 e. The first kappa shape index (κ1) is 10.9. The van der Waals surface area contributed by atoms with Crippen LogP contribution in [0.1, 0.15) is 12.8 Å². The van der Waals surface area contributed by atoms with Crippen LogP contribution in [0.25, 0.3) is 0 Å². The molecule has 1 aliphatic rings. The molecule has 1 aliphatic heterocycles. The maximum absolute atomic E-state index is 5.33. The highest BCUT2D eigenvalue weighted by molar-refractivity contribution is 14.1. The number of halogens is 2. The number of hydrogen-bond acceptors (Lipinski definition) is 2. The van der Waals surface area contributed by atoms with Gasteiger partial charge in [-0.2, -0.15) is 5.10 Å². The molecule has 0 N–H and O–H groups in total. The third kappa shape index (κ3) is 2.70. The van der Waals surface area contributed by atoms with Gasteiger partial charge in [0, 0.05) is 26.0 Å². The van der Waals surface area contributed by atoms with Crippen LogP contribution in [0, 0.1) is 9.62 Å². The summed E-state index contributed by atoms with van der Waals surface area (Å²) in [6.45, 7) is 2.83. The van der Waals surface area contributed by atoms with E-state index in [4.69, 9.17) is 4.74 Å². The summed E-state index contributed by atoms with van der Waals surface area (Å²) >= 11 is 5.70. The van der Waals surface area contributed by atoms with E-state index in [0.717, 1.165) is 46.7 Å². The minimum absolute atomic E-state index is 0.728. The van der Waals surface area contributed by atoms with Crippen molar-refractivity contribution < 1.29 is 4.74 Å². The normalized spacial score (nSPS) is 18.7. The summed E-state index contributed by atoms with van der Waals surface area (Å²) in [5, 5.41) is 4.42. The van der Waals surface area contributed by atoms with Gasteiger partial charge in [-0.25, -0.2) is 0 Å². The predicted molar refractivity (Wildman–Crippen MR) is 66.2 cm³/mol. The van der Waals surface area contributed by atoms with E-state index in [1.807, 2.05) is 4.68 Å². The van der Waals surface area contributed by atoms with Crippen molar-refractivity contribution in [2.75, 3.05) is 13.2 Å². The lowest BCUT2D eigenvalue weighted by molar-refractivity contribution is 0.0601. The van der Waals surface area contributed by atoms with E-state index in [-0.39, 0.29) is 0 Å². The van der Waals surface area contributed by atoms with E-state index in [0.29, 0.717) is 0 Å². The fourth-order valence-corrected chi connectivity index (χ4v) is 2.39. The fourth-order valence-electron chi connectivity index (χ4n) is 1.66. The largest absolute Gasteiger partial charge is 0.381 e. The highest BCUT2D eigenvalue weighted by Crippen LogP contribution is 2.20. The van der Waals surface area contributed by atoms with E-state index in [2.05, 4.69) is 49.8 Å². The van der Waals surface area contributed by atoms with Gasteiger partial charge in [0.25, 0.3) is 0 Å². The Bertz CT molecular complexity index is 290. The molecule has 78 valence electrons. The smallest absolute Gasteiger partial charge is 0.137 e. The van der Waals surface area contributed by atoms with Gasteiger partial charge in [0.05, 0.1) is 4.47 Å². The average Bonchev–Trinajstić information content (AvgIpc) is 2.47. The van der Waals surface area contributed by atoms with Gasteiger partial charge < -0.3 is 4.74 Å². The van der Waals surface area contributed by atoms with E-state index in [1.54, 1.807) is 0 Å². The van der Waals surface area contributed by atoms with Crippen molar-refractivity contribution in [1.29, 1.82) is 0 Å². The van der Waals surface area contributed by atoms with Crippen molar-refractivity contribution in [3.63, 3.8) is 0 Å². The third-order valence-electron chi connectivity index (χ3n) is 2.46. The molecule has 0 bridgehead atoms. The molecule has 0 saturated carbocycles. The molecule has 0 unspecified atom stereocenters. The quantitative estimate of drug-likeness (QED) is 0.748. The number of nitrogens with zero attached hydrogens (tertiary/aromatic N) is 2. The van der Waals surface area contributed by atoms with Crippen LogP contribution in [0.3, 0.4) is 0 Å². The molecule has 0 aliphatic carbocycles. The second-order valence-corrected chi connectivity index (χ2v) is 5.42. The summed E-state index contributed by atoms with van der Waals surface area (Å²) in [4.78, 5) is 0. The fraction of sp³-hybridized carbons (Fsp3) is 0.667. The first-order chi connectivity index (χ1) is 6.75. The Balaban J connectivity index is 1.95. The van der Waals surface area contributed by atoms with E-state index in [1.165, 1.54) is 0 Å². The molecule has 0 aromatic carbocycles. The van der Waals surface area contributed by atoms with Crippen LogP contribution in [-0.4, -0.2) is 23.0 Å². The molecule has 3 nitrogen and oxygen atoms in total. The minimum atomic E-state index is 0.728. The molecule has 2 heterocycles. The molecule has 1 saturated heterocycles. The number of rotatable bonds is 2. The average molecular weight is 371 g/mol. The number of ether oxygens (including phenoxy) is 1. The standard InChI is InChI=1S/C9H12BrIN2O/c10-8-6-13(12-9(8)11)5-7-1-3-14-4-2-7/h6-7H,1-5H2. The van der Waals surface area contributed by atoms with E-state index < -0.39 is 0 Å². The molecule has 14 heavy (non-hydrogen) atoms. The van der Waals surface area contributed by atoms with Gasteiger partial charge in [0.2, 0.25) is 0 Å². The third-order valence-corrected chi connectivity index (χ3v) is 4.58. The van der Waals surface area contributed by atoms with E-state index >= 15 is 0 Å². The summed E-state index contributed by atoms with van der Waals surface area (Å²) in [6, 6.07) is 0. The zero-order valence-electron chi connectivity index (χ0n) is 7.75. The Kier molecular flexibility index (Phi) is 3.84. The summed E-state index contributed by atoms with van der Waals surface area (Å²) < 4.78 is 9.48. The zero-order valence-corrected chi connectivity index (χ0v) is 11.5. The van der Waals surface area contributed by atoms with Crippen LogP contribution < -0.4 is 0 Å². The SMILES string of the molecule is Brc1cn(CC2CCOCC2)nc1I. The Morgan fingerprint density at radius 2 is 2.29 bits per heavy atom. The van der Waals surface area contributed by atoms with Crippen LogP contribution in [-0.2, 0) is 11.3 Å². The van der Waals surface area contributed by atoms with Crippen LogP contribution in [0.15, 0.2) is 10.7 Å². The molecule has 1 aromatic heterocycles. The molecule has 0 radical (unpaired) electrons. The van der Waals surface area contributed by atoms with Gasteiger partial charge in [0.1, 0.15) is 3.70 Å². The topological polar surface area (TPSA) is 27.1 Å². The summed E-state index contributed by atoms with van der Waals surface area (Å²) in [6.07, 6.45) is 4.37. The molecule has 0 spiro atoms. The van der Waals surface area contributed by atoms with Gasteiger partial charge in [0.15, 0.2) is 0 Å². The first-order valence-corrected chi connectivity index (χ1v) is 6.59. The monoisotopic (exact) mass is 370 g/mol. The van der Waals surface area contributed by atoms with Crippen molar-refractivity contribution >= 4 is 38.5 Å². The van der Waals surface area contributed by atoms with Crippen LogP contribution >= 0.6 is 38.5 Å². The Morgan fingerprint density at radius 1 is 1.57 bits per heavy atom. The lowest BCUT2D eigenvalue weighted by atomic mass is 10.0. The molecule has 1 fully saturated rings. The lowest BCUT2D eigenvalue weighted by Crippen LogP contribution is -2.20. The van der Waals surface area contributed by atoms with Crippen molar-refractivity contribution in [3.05, 3.63) is 14.4 Å². The lowest BCUT2D eigenvalue weighted by Gasteiger charge is -2.21. The Labute approximate surface area is 105 Å². The second-order valence-electron chi connectivity index (χ2n) is 3.55. The zero-order chi connectivity index (χ0) is 9.97. The first-order valence-electron chi connectivity index (χ1n) is 4.72. The summed E-state index contributed by atoms with van der Waals surface area (Å²) in [7, 11) is 0. The molecule has 0 atom stereocenters. The second kappa shape index (κ2) is 4.94. The summed E-state index contributed by atoms with van der Waals surface area (Å²) in [5.41, 5.74) is 0. The Hall–Kier alpha value is 0.380. The number of aromatic nitrogens is 2. The van der Waals surface area contributed by atoms with Crippen molar-refractivity contribution in [2.45, 2.75) is 19.4 Å². The van der Waals surface area contributed by atoms with Crippen molar-refractivity contribution in [2.24, 2.45) is 5.92 Å². The molecule has 2 rings (SSSR count). The maximum atomic E-state index is 5.33. The molecule has 5 heteroatoms. The Morgan fingerprint density at radius 3 is 2.86 bits per heavy atom. The van der Waals surface area contributed by atoms with Crippen LogP contribution in [0.2, 0.25) is 0 Å². The van der Waals surface area contributed by atoms with Crippen LogP contribution in [0.4, 0.5) is 0 Å². The van der Waals surface area contributed by atoms with Gasteiger partial charge in [-0.1, -0.05) is 0 Å². The van der Waals surface area contributed by atoms with Crippen molar-refractivity contribution in [1.82, 2.24) is 9.78 Å². The molecular weight excluding hydrogens is 359 g/mol. The highest BCUT2D eigenvalue weighted by atomic mass is 127. The van der Waals surface area contributed by atoms with E-state index in [9.17, 15) is 0 Å². The van der Waals surface area contributed by atoms with Gasteiger partial charge in [-0.05, 0) is 57.3 Å². The summed E-state index contributed by atoms with van der Waals surface area (Å²) in [5.74, 6) is 0.728. The molecule has 1 aromatic rings. The molecule has 0 amide bonds. The highest BCUT2D eigenvalue weighted by Gasteiger charge is 2.15. The van der Waals surface area contributed by atoms with Crippen molar-refractivity contribution in [3.8, 4) is 0 Å². The molecular formula is C9H12BrIN2O. The van der Waals surface area contributed by atoms with Gasteiger partial charge in [-0.15, -0.1) is 0 Å². The number of hydrogen-bond donors (Lipinski definition) is 0. The van der Waals surface area contributed by atoms with Gasteiger partial charge >= 0.3 is 0 Å².